The summed E-state index contributed by atoms with van der Waals surface area (Å²) in [7, 11) is -1.08. The first-order valence-electron chi connectivity index (χ1n) is 12.8. The second kappa shape index (κ2) is 19.7. The van der Waals surface area contributed by atoms with Crippen molar-refractivity contribution in [3.8, 4) is 5.75 Å². The van der Waals surface area contributed by atoms with Crippen molar-refractivity contribution in [2.75, 3.05) is 46.7 Å². The van der Waals surface area contributed by atoms with Gasteiger partial charge in [-0.25, -0.2) is 9.59 Å². The van der Waals surface area contributed by atoms with Gasteiger partial charge in [-0.05, 0) is 76.6 Å². The van der Waals surface area contributed by atoms with E-state index in [0.717, 1.165) is 37.0 Å². The fraction of sp³-hybridized carbons (Fsp3) is 0.615. The molecule has 0 unspecified atom stereocenters. The van der Waals surface area contributed by atoms with Crippen molar-refractivity contribution in [3.63, 3.8) is 0 Å². The maximum atomic E-state index is 11.9. The molecule has 0 aliphatic rings. The SMILES string of the molecule is CCO[Si](CCCNC(=O)OCCCCCCOC(=O)/C=C/c1cccc(OC)c1)(OCC)OCC. The molecule has 204 valence electrons. The smallest absolute Gasteiger partial charge is 0.497 e. The third-order valence-electron chi connectivity index (χ3n) is 5.04. The second-order valence-electron chi connectivity index (χ2n) is 7.84. The van der Waals surface area contributed by atoms with Gasteiger partial charge < -0.3 is 32.8 Å². The zero-order valence-corrected chi connectivity index (χ0v) is 23.2. The molecule has 36 heavy (non-hydrogen) atoms. The maximum Gasteiger partial charge on any atom is 0.500 e. The summed E-state index contributed by atoms with van der Waals surface area (Å²) < 4.78 is 33.0. The summed E-state index contributed by atoms with van der Waals surface area (Å²) in [4.78, 5) is 23.7. The summed E-state index contributed by atoms with van der Waals surface area (Å²) in [5.41, 5.74) is 0.867. The molecule has 10 heteroatoms. The van der Waals surface area contributed by atoms with Crippen molar-refractivity contribution < 1.29 is 37.1 Å². The lowest BCUT2D eigenvalue weighted by Gasteiger charge is -2.28. The van der Waals surface area contributed by atoms with Crippen LogP contribution in [0.25, 0.3) is 6.08 Å². The first kappa shape index (κ1) is 31.6. The van der Waals surface area contributed by atoms with Gasteiger partial charge in [-0.2, -0.15) is 0 Å². The molecule has 1 rings (SSSR count). The number of carbonyl (C=O) groups is 2. The summed E-state index contributed by atoms with van der Waals surface area (Å²) >= 11 is 0. The fourth-order valence-corrected chi connectivity index (χ4v) is 6.01. The van der Waals surface area contributed by atoms with E-state index in [1.54, 1.807) is 13.2 Å². The molecular weight excluding hydrogens is 482 g/mol. The van der Waals surface area contributed by atoms with Crippen LogP contribution in [0.15, 0.2) is 30.3 Å². The fourth-order valence-electron chi connectivity index (χ4n) is 3.40. The van der Waals surface area contributed by atoms with Crippen LogP contribution < -0.4 is 10.1 Å². The summed E-state index contributed by atoms with van der Waals surface area (Å²) in [6, 6.07) is 8.07. The normalized spacial score (nSPS) is 11.4. The number of nitrogens with one attached hydrogen (secondary N) is 1. The molecule has 1 aromatic rings. The average Bonchev–Trinajstić information content (AvgIpc) is 2.87. The molecule has 0 radical (unpaired) electrons. The maximum absolute atomic E-state index is 11.9. The molecule has 0 fully saturated rings. The Labute approximate surface area is 216 Å². The lowest BCUT2D eigenvalue weighted by molar-refractivity contribution is -0.137. The van der Waals surface area contributed by atoms with Crippen LogP contribution in [0.4, 0.5) is 4.79 Å². The second-order valence-corrected chi connectivity index (χ2v) is 10.6. The number of alkyl carbamates (subject to hydrolysis) is 1. The van der Waals surface area contributed by atoms with Crippen LogP contribution in [0.2, 0.25) is 6.04 Å². The predicted octanol–water partition coefficient (Wildman–Crippen LogP) is 4.98. The van der Waals surface area contributed by atoms with Crippen LogP contribution in [0, 0.1) is 0 Å². The molecule has 0 atom stereocenters. The molecular formula is C26H43NO8Si. The predicted molar refractivity (Wildman–Crippen MR) is 141 cm³/mol. The van der Waals surface area contributed by atoms with Gasteiger partial charge >= 0.3 is 20.9 Å². The highest BCUT2D eigenvalue weighted by Gasteiger charge is 2.39. The lowest BCUT2D eigenvalue weighted by Crippen LogP contribution is -2.46. The van der Waals surface area contributed by atoms with Gasteiger partial charge in [0.15, 0.2) is 0 Å². The highest BCUT2D eigenvalue weighted by molar-refractivity contribution is 6.60. The molecule has 0 spiro atoms. The monoisotopic (exact) mass is 525 g/mol. The summed E-state index contributed by atoms with van der Waals surface area (Å²) in [5.74, 6) is 0.360. The van der Waals surface area contributed by atoms with Crippen molar-refractivity contribution in [1.29, 1.82) is 0 Å². The third kappa shape index (κ3) is 14.2. The van der Waals surface area contributed by atoms with Gasteiger partial charge in [0.25, 0.3) is 0 Å². The number of methoxy groups -OCH3 is 1. The topological polar surface area (TPSA) is 102 Å². The molecule has 0 aliphatic carbocycles. The Bertz CT molecular complexity index is 757. The van der Waals surface area contributed by atoms with Gasteiger partial charge in [0, 0.05) is 38.5 Å². The number of benzene rings is 1. The number of amides is 1. The third-order valence-corrected chi connectivity index (χ3v) is 8.20. The summed E-state index contributed by atoms with van der Waals surface area (Å²) in [5, 5.41) is 2.76. The number of hydrogen-bond acceptors (Lipinski definition) is 8. The van der Waals surface area contributed by atoms with Crippen molar-refractivity contribution in [3.05, 3.63) is 35.9 Å². The van der Waals surface area contributed by atoms with Gasteiger partial charge in [-0.1, -0.05) is 12.1 Å². The van der Waals surface area contributed by atoms with Crippen LogP contribution in [-0.4, -0.2) is 67.6 Å². The minimum atomic E-state index is -2.68. The molecule has 0 aliphatic heterocycles. The van der Waals surface area contributed by atoms with Gasteiger partial charge in [-0.15, -0.1) is 0 Å². The molecule has 0 bridgehead atoms. The Morgan fingerprint density at radius 3 is 2.14 bits per heavy atom. The number of carbonyl (C=O) groups excluding carboxylic acids is 2. The number of ether oxygens (including phenoxy) is 3. The van der Waals surface area contributed by atoms with E-state index >= 15 is 0 Å². The Balaban J connectivity index is 2.07. The first-order chi connectivity index (χ1) is 17.5. The van der Waals surface area contributed by atoms with E-state index in [0.29, 0.717) is 52.0 Å². The summed E-state index contributed by atoms with van der Waals surface area (Å²) in [6.07, 6.45) is 6.66. The van der Waals surface area contributed by atoms with Crippen LogP contribution in [-0.2, 0) is 27.5 Å². The van der Waals surface area contributed by atoms with Gasteiger partial charge in [0.05, 0.1) is 20.3 Å². The minimum absolute atomic E-state index is 0.352. The van der Waals surface area contributed by atoms with E-state index < -0.39 is 14.9 Å². The standard InChI is InChI=1S/C26H43NO8Si/c1-5-33-36(34-6-2,35-7-3)21-13-18-27-26(29)32-20-11-9-8-10-19-31-25(28)17-16-23-14-12-15-24(22-23)30-4/h12,14-17,22H,5-11,13,18-21H2,1-4H3,(H,27,29)/b17-16+. The van der Waals surface area contributed by atoms with E-state index in [2.05, 4.69) is 5.32 Å². The van der Waals surface area contributed by atoms with Crippen molar-refractivity contribution in [1.82, 2.24) is 5.32 Å². The Morgan fingerprint density at radius 2 is 1.53 bits per heavy atom. The van der Waals surface area contributed by atoms with Gasteiger partial charge in [0.1, 0.15) is 5.75 Å². The van der Waals surface area contributed by atoms with Crippen molar-refractivity contribution in [2.45, 2.75) is 58.9 Å². The molecule has 1 aromatic carbocycles. The largest absolute Gasteiger partial charge is 0.500 e. The molecule has 1 N–H and O–H groups in total. The van der Waals surface area contributed by atoms with Gasteiger partial charge in [-0.3, -0.25) is 0 Å². The zero-order valence-electron chi connectivity index (χ0n) is 22.2. The quantitative estimate of drug-likeness (QED) is 0.110. The van der Waals surface area contributed by atoms with Crippen LogP contribution >= 0.6 is 0 Å². The van der Waals surface area contributed by atoms with E-state index in [4.69, 9.17) is 27.5 Å². The van der Waals surface area contributed by atoms with Crippen molar-refractivity contribution >= 4 is 26.9 Å². The van der Waals surface area contributed by atoms with E-state index in [1.807, 2.05) is 45.0 Å². The Kier molecular flexibility index (Phi) is 17.3. The number of unbranched alkanes of at least 4 members (excludes halogenated alkanes) is 3. The molecule has 0 saturated carbocycles. The molecule has 0 aromatic heterocycles. The highest BCUT2D eigenvalue weighted by atomic mass is 28.4. The first-order valence-corrected chi connectivity index (χ1v) is 14.7. The zero-order chi connectivity index (χ0) is 26.5. The van der Waals surface area contributed by atoms with E-state index in [-0.39, 0.29) is 5.97 Å². The molecule has 9 nitrogen and oxygen atoms in total. The molecule has 0 saturated heterocycles. The molecule has 0 heterocycles. The number of esters is 1. The highest BCUT2D eigenvalue weighted by Crippen LogP contribution is 2.18. The Morgan fingerprint density at radius 1 is 0.889 bits per heavy atom. The Hall–Kier alpha value is -2.40. The van der Waals surface area contributed by atoms with Crippen LogP contribution in [0.1, 0.15) is 58.4 Å². The van der Waals surface area contributed by atoms with Crippen molar-refractivity contribution in [2.24, 2.45) is 0 Å². The number of hydrogen-bond donors (Lipinski definition) is 1. The number of rotatable bonds is 20. The van der Waals surface area contributed by atoms with Crippen LogP contribution in [0.5, 0.6) is 5.75 Å². The average molecular weight is 526 g/mol. The summed E-state index contributed by atoms with van der Waals surface area (Å²) in [6.45, 7) is 8.55. The van der Waals surface area contributed by atoms with Gasteiger partial charge in [0.2, 0.25) is 0 Å². The molecule has 1 amide bonds. The van der Waals surface area contributed by atoms with E-state index in [9.17, 15) is 9.59 Å². The van der Waals surface area contributed by atoms with E-state index in [1.165, 1.54) is 6.08 Å². The lowest BCUT2D eigenvalue weighted by atomic mass is 10.2. The minimum Gasteiger partial charge on any atom is -0.497 e. The van der Waals surface area contributed by atoms with Crippen LogP contribution in [0.3, 0.4) is 0 Å².